The second kappa shape index (κ2) is 8.34. The molecule has 2 saturated carbocycles. The van der Waals surface area contributed by atoms with Gasteiger partial charge in [0.05, 0.1) is 17.4 Å². The fraction of sp³-hybridized carbons (Fsp3) is 0.929. The van der Waals surface area contributed by atoms with Crippen molar-refractivity contribution in [1.29, 1.82) is 0 Å². The van der Waals surface area contributed by atoms with Gasteiger partial charge in [0.1, 0.15) is 0 Å². The summed E-state index contributed by atoms with van der Waals surface area (Å²) in [6.45, 7) is 2.45. The zero-order valence-corrected chi connectivity index (χ0v) is 15.6. The number of nitrogens with one attached hydrogen (secondary N) is 1. The molecule has 0 spiro atoms. The van der Waals surface area contributed by atoms with E-state index in [-0.39, 0.29) is 54.2 Å². The summed E-state index contributed by atoms with van der Waals surface area (Å²) in [6.07, 6.45) is 3.43. The maximum Gasteiger partial charge on any atom is 0.225 e. The standard InChI is InChI=1S/C14H25N3O3S.2ClH/c15-13-11-2-1-10(9-11)12(13)14(18)16-3-4-17-5-7-21(19,20)8-6-17;;/h10-13H,1-9,15H2,(H,16,18);2*1H. The number of carbonyl (C=O) groups excluding carboxylic acids is 1. The van der Waals surface area contributed by atoms with E-state index >= 15 is 0 Å². The Morgan fingerprint density at radius 3 is 2.30 bits per heavy atom. The van der Waals surface area contributed by atoms with Gasteiger partial charge in [-0.05, 0) is 31.1 Å². The van der Waals surface area contributed by atoms with E-state index in [2.05, 4.69) is 10.2 Å². The molecule has 9 heteroatoms. The number of amides is 1. The molecule has 2 aliphatic carbocycles. The van der Waals surface area contributed by atoms with Crippen LogP contribution in [0.4, 0.5) is 0 Å². The number of halogens is 2. The number of carbonyl (C=O) groups is 1. The van der Waals surface area contributed by atoms with Gasteiger partial charge in [-0.1, -0.05) is 0 Å². The van der Waals surface area contributed by atoms with Gasteiger partial charge in [0, 0.05) is 32.2 Å². The Balaban J connectivity index is 0.00000132. The fourth-order valence-electron chi connectivity index (χ4n) is 4.15. The Labute approximate surface area is 150 Å². The highest BCUT2D eigenvalue weighted by Crippen LogP contribution is 2.47. The Morgan fingerprint density at radius 1 is 1.13 bits per heavy atom. The fourth-order valence-corrected chi connectivity index (χ4v) is 5.43. The summed E-state index contributed by atoms with van der Waals surface area (Å²) < 4.78 is 22.7. The first-order chi connectivity index (χ1) is 9.96. The Morgan fingerprint density at radius 2 is 1.74 bits per heavy atom. The quantitative estimate of drug-likeness (QED) is 0.710. The number of fused-ring (bicyclic) bond motifs is 2. The number of hydrogen-bond acceptors (Lipinski definition) is 5. The number of nitrogens with two attached hydrogens (primary N) is 1. The van der Waals surface area contributed by atoms with E-state index < -0.39 is 9.84 Å². The molecule has 6 nitrogen and oxygen atoms in total. The number of hydrogen-bond donors (Lipinski definition) is 2. The van der Waals surface area contributed by atoms with Gasteiger partial charge in [-0.3, -0.25) is 9.69 Å². The third-order valence-electron chi connectivity index (χ3n) is 5.45. The largest absolute Gasteiger partial charge is 0.355 e. The topological polar surface area (TPSA) is 92.5 Å². The number of sulfone groups is 1. The Kier molecular flexibility index (Phi) is 7.60. The van der Waals surface area contributed by atoms with Crippen LogP contribution in [-0.4, -0.2) is 63.0 Å². The molecule has 23 heavy (non-hydrogen) atoms. The number of rotatable bonds is 4. The van der Waals surface area contributed by atoms with E-state index in [1.54, 1.807) is 0 Å². The van der Waals surface area contributed by atoms with Gasteiger partial charge in [0.15, 0.2) is 9.84 Å². The van der Waals surface area contributed by atoms with Crippen LogP contribution in [0.25, 0.3) is 0 Å². The molecular formula is C14H27Cl2N3O3S. The Bertz CT molecular complexity index is 501. The van der Waals surface area contributed by atoms with Gasteiger partial charge in [-0.25, -0.2) is 8.42 Å². The first-order valence-electron chi connectivity index (χ1n) is 7.92. The predicted molar refractivity (Wildman–Crippen MR) is 94.9 cm³/mol. The van der Waals surface area contributed by atoms with Crippen LogP contribution in [0.15, 0.2) is 0 Å². The second-order valence-corrected chi connectivity index (χ2v) is 9.02. The number of nitrogens with zero attached hydrogens (tertiary/aromatic N) is 1. The zero-order valence-electron chi connectivity index (χ0n) is 13.1. The molecule has 3 N–H and O–H groups in total. The van der Waals surface area contributed by atoms with E-state index in [1.807, 2.05) is 0 Å². The molecule has 4 unspecified atom stereocenters. The van der Waals surface area contributed by atoms with Gasteiger partial charge in [0.25, 0.3) is 0 Å². The molecule has 0 aromatic heterocycles. The van der Waals surface area contributed by atoms with Crippen LogP contribution in [0.3, 0.4) is 0 Å². The van der Waals surface area contributed by atoms with E-state index in [9.17, 15) is 13.2 Å². The molecule has 0 aromatic carbocycles. The summed E-state index contributed by atoms with van der Waals surface area (Å²) in [5.41, 5.74) is 6.17. The zero-order chi connectivity index (χ0) is 15.0. The highest BCUT2D eigenvalue weighted by molar-refractivity contribution is 7.91. The highest BCUT2D eigenvalue weighted by atomic mass is 35.5. The van der Waals surface area contributed by atoms with Crippen molar-refractivity contribution in [3.8, 4) is 0 Å². The lowest BCUT2D eigenvalue weighted by molar-refractivity contribution is -0.127. The molecule has 3 aliphatic rings. The molecule has 1 heterocycles. The minimum atomic E-state index is -2.83. The van der Waals surface area contributed by atoms with Crippen LogP contribution in [0.2, 0.25) is 0 Å². The molecule has 1 saturated heterocycles. The minimum absolute atomic E-state index is 0. The Hall–Kier alpha value is -0.0800. The van der Waals surface area contributed by atoms with Gasteiger partial charge in [-0.15, -0.1) is 24.8 Å². The van der Waals surface area contributed by atoms with Crippen molar-refractivity contribution >= 4 is 40.6 Å². The first kappa shape index (κ1) is 21.0. The molecule has 136 valence electrons. The lowest BCUT2D eigenvalue weighted by Crippen LogP contribution is -2.48. The molecule has 1 aliphatic heterocycles. The highest BCUT2D eigenvalue weighted by Gasteiger charge is 2.48. The molecule has 0 aromatic rings. The summed E-state index contributed by atoms with van der Waals surface area (Å²) in [5, 5.41) is 3.00. The molecule has 2 bridgehead atoms. The van der Waals surface area contributed by atoms with Crippen molar-refractivity contribution < 1.29 is 13.2 Å². The van der Waals surface area contributed by atoms with Gasteiger partial charge in [-0.2, -0.15) is 0 Å². The molecule has 3 rings (SSSR count). The summed E-state index contributed by atoms with van der Waals surface area (Å²) >= 11 is 0. The normalized spacial score (nSPS) is 35.2. The summed E-state index contributed by atoms with van der Waals surface area (Å²) in [7, 11) is -2.83. The third-order valence-corrected chi connectivity index (χ3v) is 7.06. The third kappa shape index (κ3) is 4.72. The summed E-state index contributed by atoms with van der Waals surface area (Å²) in [6, 6.07) is 0.0314. The predicted octanol–water partition coefficient (Wildman–Crippen LogP) is 0.0500. The van der Waals surface area contributed by atoms with Crippen molar-refractivity contribution in [1.82, 2.24) is 10.2 Å². The monoisotopic (exact) mass is 387 g/mol. The maximum atomic E-state index is 12.3. The van der Waals surface area contributed by atoms with Crippen LogP contribution in [-0.2, 0) is 14.6 Å². The lowest BCUT2D eigenvalue weighted by atomic mass is 9.84. The average Bonchev–Trinajstić information content (AvgIpc) is 3.01. The minimum Gasteiger partial charge on any atom is -0.355 e. The molecule has 0 radical (unpaired) electrons. The average molecular weight is 388 g/mol. The van der Waals surface area contributed by atoms with Crippen molar-refractivity contribution in [2.24, 2.45) is 23.5 Å². The summed E-state index contributed by atoms with van der Waals surface area (Å²) in [4.78, 5) is 14.4. The lowest BCUT2D eigenvalue weighted by Gasteiger charge is -2.29. The van der Waals surface area contributed by atoms with E-state index in [1.165, 1.54) is 6.42 Å². The van der Waals surface area contributed by atoms with Crippen LogP contribution < -0.4 is 11.1 Å². The van der Waals surface area contributed by atoms with Crippen molar-refractivity contribution in [2.45, 2.75) is 25.3 Å². The van der Waals surface area contributed by atoms with E-state index in [4.69, 9.17) is 5.73 Å². The van der Waals surface area contributed by atoms with E-state index in [0.29, 0.717) is 31.5 Å². The SMILES string of the molecule is Cl.Cl.NC1C2CCC(C2)C1C(=O)NCCN1CCS(=O)(=O)CC1. The van der Waals surface area contributed by atoms with Gasteiger partial charge in [0.2, 0.25) is 5.91 Å². The van der Waals surface area contributed by atoms with Crippen LogP contribution >= 0.6 is 24.8 Å². The van der Waals surface area contributed by atoms with Crippen molar-refractivity contribution in [3.63, 3.8) is 0 Å². The van der Waals surface area contributed by atoms with Crippen LogP contribution in [0.1, 0.15) is 19.3 Å². The van der Waals surface area contributed by atoms with Crippen molar-refractivity contribution in [3.05, 3.63) is 0 Å². The summed E-state index contributed by atoms with van der Waals surface area (Å²) in [5.74, 6) is 1.57. The molecular weight excluding hydrogens is 361 g/mol. The molecule has 3 fully saturated rings. The van der Waals surface area contributed by atoms with Gasteiger partial charge >= 0.3 is 0 Å². The second-order valence-electron chi connectivity index (χ2n) is 6.72. The van der Waals surface area contributed by atoms with Gasteiger partial charge < -0.3 is 11.1 Å². The maximum absolute atomic E-state index is 12.3. The molecule has 1 amide bonds. The van der Waals surface area contributed by atoms with E-state index in [0.717, 1.165) is 19.4 Å². The smallest absolute Gasteiger partial charge is 0.225 e. The van der Waals surface area contributed by atoms with Crippen LogP contribution in [0.5, 0.6) is 0 Å². The van der Waals surface area contributed by atoms with Crippen molar-refractivity contribution in [2.75, 3.05) is 37.7 Å². The first-order valence-corrected chi connectivity index (χ1v) is 9.74. The van der Waals surface area contributed by atoms with Crippen LogP contribution in [0, 0.1) is 17.8 Å². The molecule has 4 atom stereocenters.